The molecule has 1 heteroatoms. The van der Waals surface area contributed by atoms with Crippen LogP contribution in [-0.4, -0.2) is 5.78 Å². The molecule has 0 aromatic rings. The van der Waals surface area contributed by atoms with Crippen LogP contribution in [0.1, 0.15) is 41.0 Å². The monoisotopic (exact) mass is 180 g/mol. The molecular formula is C12H20O. The zero-order chi connectivity index (χ0) is 10.2. The van der Waals surface area contributed by atoms with E-state index in [4.69, 9.17) is 0 Å². The minimum absolute atomic E-state index is 0.213. The van der Waals surface area contributed by atoms with Crippen molar-refractivity contribution < 1.29 is 4.79 Å². The van der Waals surface area contributed by atoms with E-state index in [1.165, 1.54) is 5.57 Å². The molecule has 0 aliphatic heterocycles. The van der Waals surface area contributed by atoms with E-state index in [9.17, 15) is 4.79 Å². The number of rotatable bonds is 3. The predicted octanol–water partition coefficient (Wildman–Crippen LogP) is 3.20. The Morgan fingerprint density at radius 1 is 1.38 bits per heavy atom. The number of carbonyl (C=O) groups is 1. The van der Waals surface area contributed by atoms with Gasteiger partial charge in [0.1, 0.15) is 5.78 Å². The molecule has 0 aromatic carbocycles. The molecule has 0 saturated heterocycles. The van der Waals surface area contributed by atoms with Gasteiger partial charge in [0.2, 0.25) is 0 Å². The Morgan fingerprint density at radius 3 is 2.31 bits per heavy atom. The van der Waals surface area contributed by atoms with Crippen molar-refractivity contribution in [2.24, 2.45) is 17.3 Å². The number of carbonyl (C=O) groups excluding carboxylic acids is 1. The van der Waals surface area contributed by atoms with E-state index in [0.29, 0.717) is 18.1 Å². The van der Waals surface area contributed by atoms with Gasteiger partial charge >= 0.3 is 0 Å². The second kappa shape index (κ2) is 3.28. The zero-order valence-electron chi connectivity index (χ0n) is 9.35. The third-order valence-corrected chi connectivity index (χ3v) is 3.12. The molecule has 0 N–H and O–H groups in total. The van der Waals surface area contributed by atoms with Crippen LogP contribution in [0.25, 0.3) is 0 Å². The summed E-state index contributed by atoms with van der Waals surface area (Å²) in [4.78, 5) is 11.6. The van der Waals surface area contributed by atoms with Crippen LogP contribution in [0.5, 0.6) is 0 Å². The Balaban J connectivity index is 2.72. The second-order valence-electron chi connectivity index (χ2n) is 4.89. The maximum absolute atomic E-state index is 11.6. The summed E-state index contributed by atoms with van der Waals surface area (Å²) in [5.74, 6) is 1.20. The molecule has 1 saturated carbocycles. The number of hydrogen-bond donors (Lipinski definition) is 0. The summed E-state index contributed by atoms with van der Waals surface area (Å²) in [6, 6.07) is 0. The summed E-state index contributed by atoms with van der Waals surface area (Å²) in [7, 11) is 0. The molecule has 0 radical (unpaired) electrons. The van der Waals surface area contributed by atoms with Crippen LogP contribution in [0.15, 0.2) is 11.6 Å². The van der Waals surface area contributed by atoms with Crippen molar-refractivity contribution in [2.45, 2.75) is 41.0 Å². The fourth-order valence-corrected chi connectivity index (χ4v) is 2.18. The molecule has 74 valence electrons. The average Bonchev–Trinajstić information content (AvgIpc) is 2.51. The number of hydrogen-bond acceptors (Lipinski definition) is 1. The molecule has 2 atom stereocenters. The fourth-order valence-electron chi connectivity index (χ4n) is 2.18. The van der Waals surface area contributed by atoms with E-state index in [-0.39, 0.29) is 11.3 Å². The molecule has 0 aromatic heterocycles. The minimum Gasteiger partial charge on any atom is -0.299 e. The second-order valence-corrected chi connectivity index (χ2v) is 4.89. The zero-order valence-corrected chi connectivity index (χ0v) is 9.35. The van der Waals surface area contributed by atoms with Crippen molar-refractivity contribution >= 4 is 5.78 Å². The average molecular weight is 180 g/mol. The molecule has 13 heavy (non-hydrogen) atoms. The van der Waals surface area contributed by atoms with Crippen molar-refractivity contribution in [1.29, 1.82) is 0 Å². The SMILES string of the molecule is CCC(=O)C1C(C=C(C)C)C1(C)C. The molecule has 1 nitrogen and oxygen atoms in total. The minimum atomic E-state index is 0.213. The predicted molar refractivity (Wildman–Crippen MR) is 55.5 cm³/mol. The van der Waals surface area contributed by atoms with Gasteiger partial charge in [0, 0.05) is 12.3 Å². The maximum atomic E-state index is 11.6. The van der Waals surface area contributed by atoms with Gasteiger partial charge in [-0.15, -0.1) is 0 Å². The molecule has 0 spiro atoms. The Labute approximate surface area is 81.2 Å². The quantitative estimate of drug-likeness (QED) is 0.609. The first kappa shape index (κ1) is 10.5. The summed E-state index contributed by atoms with van der Waals surface area (Å²) in [5, 5.41) is 0. The van der Waals surface area contributed by atoms with Gasteiger partial charge in [-0.3, -0.25) is 4.79 Å². The lowest BCUT2D eigenvalue weighted by molar-refractivity contribution is -0.120. The van der Waals surface area contributed by atoms with Gasteiger partial charge in [0.05, 0.1) is 0 Å². The Hall–Kier alpha value is -0.590. The van der Waals surface area contributed by atoms with E-state index in [2.05, 4.69) is 33.8 Å². The van der Waals surface area contributed by atoms with Gasteiger partial charge in [0.25, 0.3) is 0 Å². The molecular weight excluding hydrogens is 160 g/mol. The first-order valence-electron chi connectivity index (χ1n) is 5.09. The van der Waals surface area contributed by atoms with Gasteiger partial charge < -0.3 is 0 Å². The Bertz CT molecular complexity index is 244. The van der Waals surface area contributed by atoms with E-state index >= 15 is 0 Å². The van der Waals surface area contributed by atoms with Crippen LogP contribution in [-0.2, 0) is 4.79 Å². The molecule has 2 unspecified atom stereocenters. The lowest BCUT2D eigenvalue weighted by Crippen LogP contribution is -2.03. The van der Waals surface area contributed by atoms with Crippen LogP contribution in [0.2, 0.25) is 0 Å². The topological polar surface area (TPSA) is 17.1 Å². The summed E-state index contributed by atoms with van der Waals surface area (Å²) >= 11 is 0. The summed E-state index contributed by atoms with van der Waals surface area (Å²) in [6.07, 6.45) is 2.93. The van der Waals surface area contributed by atoms with Crippen molar-refractivity contribution in [1.82, 2.24) is 0 Å². The third kappa shape index (κ3) is 1.84. The maximum Gasteiger partial charge on any atom is 0.136 e. The van der Waals surface area contributed by atoms with Crippen LogP contribution in [0, 0.1) is 17.3 Å². The van der Waals surface area contributed by atoms with Crippen molar-refractivity contribution in [3.05, 3.63) is 11.6 Å². The van der Waals surface area contributed by atoms with Crippen LogP contribution >= 0.6 is 0 Å². The molecule has 0 bridgehead atoms. The number of allylic oxidation sites excluding steroid dienone is 2. The van der Waals surface area contributed by atoms with Crippen molar-refractivity contribution in [3.63, 3.8) is 0 Å². The molecule has 0 heterocycles. The number of ketones is 1. The van der Waals surface area contributed by atoms with Crippen LogP contribution in [0.4, 0.5) is 0 Å². The molecule has 1 aliphatic rings. The van der Waals surface area contributed by atoms with E-state index in [1.807, 2.05) is 6.92 Å². The summed E-state index contributed by atoms with van der Waals surface area (Å²) in [5.41, 5.74) is 1.54. The first-order chi connectivity index (χ1) is 5.91. The van der Waals surface area contributed by atoms with Gasteiger partial charge in [-0.25, -0.2) is 0 Å². The van der Waals surface area contributed by atoms with E-state index in [0.717, 1.165) is 0 Å². The Kier molecular flexibility index (Phi) is 2.65. The highest BCUT2D eigenvalue weighted by molar-refractivity contribution is 5.85. The normalized spacial score (nSPS) is 29.6. The summed E-state index contributed by atoms with van der Waals surface area (Å²) in [6.45, 7) is 10.5. The van der Waals surface area contributed by atoms with Gasteiger partial charge in [0.15, 0.2) is 0 Å². The molecule has 1 rings (SSSR count). The van der Waals surface area contributed by atoms with Gasteiger partial charge in [-0.2, -0.15) is 0 Å². The smallest absolute Gasteiger partial charge is 0.136 e. The highest BCUT2D eigenvalue weighted by Gasteiger charge is 2.59. The number of Topliss-reactive ketones (excluding diaryl/α,β-unsaturated/α-hetero) is 1. The Morgan fingerprint density at radius 2 is 1.92 bits per heavy atom. The lowest BCUT2D eigenvalue weighted by atomic mass is 10.1. The summed E-state index contributed by atoms with van der Waals surface area (Å²) < 4.78 is 0. The molecule has 1 fully saturated rings. The molecule has 1 aliphatic carbocycles. The van der Waals surface area contributed by atoms with Crippen molar-refractivity contribution in [2.75, 3.05) is 0 Å². The van der Waals surface area contributed by atoms with E-state index < -0.39 is 0 Å². The first-order valence-corrected chi connectivity index (χ1v) is 5.09. The largest absolute Gasteiger partial charge is 0.299 e. The fraction of sp³-hybridized carbons (Fsp3) is 0.750. The van der Waals surface area contributed by atoms with Crippen molar-refractivity contribution in [3.8, 4) is 0 Å². The molecule has 0 amide bonds. The lowest BCUT2D eigenvalue weighted by Gasteiger charge is -1.98. The van der Waals surface area contributed by atoms with Gasteiger partial charge in [-0.1, -0.05) is 32.4 Å². The van der Waals surface area contributed by atoms with Crippen LogP contribution in [0.3, 0.4) is 0 Å². The van der Waals surface area contributed by atoms with Gasteiger partial charge in [-0.05, 0) is 25.2 Å². The van der Waals surface area contributed by atoms with Crippen LogP contribution < -0.4 is 0 Å². The van der Waals surface area contributed by atoms with E-state index in [1.54, 1.807) is 0 Å². The standard InChI is InChI=1S/C12H20O/c1-6-10(13)11-9(7-8(2)3)12(11,4)5/h7,9,11H,6H2,1-5H3. The highest BCUT2D eigenvalue weighted by Crippen LogP contribution is 2.59. The highest BCUT2D eigenvalue weighted by atomic mass is 16.1. The third-order valence-electron chi connectivity index (χ3n) is 3.12.